The number of hydrogen-bond acceptors (Lipinski definition) is 2. The summed E-state index contributed by atoms with van der Waals surface area (Å²) in [6.45, 7) is 14.1. The van der Waals surface area contributed by atoms with E-state index in [0.717, 1.165) is 13.1 Å². The molecule has 0 aromatic carbocycles. The maximum atomic E-state index is 4.32. The van der Waals surface area contributed by atoms with Crippen LogP contribution >= 0.6 is 0 Å². The smallest absolute Gasteiger partial charge is 0.0809 e. The third kappa shape index (κ3) is 5.31. The number of hydrogen-bond donors (Lipinski definition) is 0. The molecule has 0 spiro atoms. The maximum absolute atomic E-state index is 4.32. The summed E-state index contributed by atoms with van der Waals surface area (Å²) in [5.74, 6) is 0. The van der Waals surface area contributed by atoms with Gasteiger partial charge in [0.25, 0.3) is 0 Å². The zero-order chi connectivity index (χ0) is 13.1. The number of aryl methyl sites for hydroxylation is 1. The van der Waals surface area contributed by atoms with Gasteiger partial charge in [0, 0.05) is 31.9 Å². The molecule has 0 bridgehead atoms. The van der Waals surface area contributed by atoms with E-state index < -0.39 is 0 Å². The van der Waals surface area contributed by atoms with Crippen molar-refractivity contribution < 1.29 is 0 Å². The third-order valence-electron chi connectivity index (χ3n) is 1.85. The Bertz CT molecular complexity index is 230. The van der Waals surface area contributed by atoms with Gasteiger partial charge in [-0.05, 0) is 7.05 Å². The second kappa shape index (κ2) is 10.7. The van der Waals surface area contributed by atoms with Gasteiger partial charge in [0.05, 0.1) is 5.69 Å². The Morgan fingerprint density at radius 3 is 1.88 bits per heavy atom. The van der Waals surface area contributed by atoms with E-state index in [1.165, 1.54) is 11.3 Å². The van der Waals surface area contributed by atoms with Crippen molar-refractivity contribution in [2.45, 2.75) is 54.6 Å². The summed E-state index contributed by atoms with van der Waals surface area (Å²) in [4.78, 5) is 2.26. The zero-order valence-corrected chi connectivity index (χ0v) is 12.3. The summed E-state index contributed by atoms with van der Waals surface area (Å²) in [5.41, 5.74) is 2.62. The fourth-order valence-electron chi connectivity index (χ4n) is 1.45. The quantitative estimate of drug-likeness (QED) is 0.677. The summed E-state index contributed by atoms with van der Waals surface area (Å²) >= 11 is 0. The Hall–Kier alpha value is -0.830. The molecule has 3 heteroatoms. The monoisotopic (exact) mass is 227 g/mol. The normalized spacial score (nSPS) is 12.2. The number of nitrogens with zero attached hydrogens (tertiary/aromatic N) is 3. The van der Waals surface area contributed by atoms with E-state index in [9.17, 15) is 0 Å². The summed E-state index contributed by atoms with van der Waals surface area (Å²) in [6.07, 6.45) is 2.10. The van der Waals surface area contributed by atoms with E-state index in [0.29, 0.717) is 0 Å². The Balaban J connectivity index is 0. The molecular weight excluding hydrogens is 198 g/mol. The molecule has 1 aromatic rings. The van der Waals surface area contributed by atoms with Gasteiger partial charge in [-0.25, -0.2) is 0 Å². The molecule has 2 rings (SSSR count). The van der Waals surface area contributed by atoms with Crippen molar-refractivity contribution in [3.8, 4) is 0 Å². The molecule has 1 aliphatic rings. The van der Waals surface area contributed by atoms with Crippen molar-refractivity contribution in [3.63, 3.8) is 0 Å². The molecule has 0 saturated heterocycles. The molecule has 96 valence electrons. The predicted molar refractivity (Wildman–Crippen MR) is 72.4 cm³/mol. The van der Waals surface area contributed by atoms with Gasteiger partial charge in [-0.2, -0.15) is 5.10 Å². The van der Waals surface area contributed by atoms with E-state index in [-0.39, 0.29) is 0 Å². The van der Waals surface area contributed by atoms with Gasteiger partial charge in [0.1, 0.15) is 0 Å². The molecule has 3 nitrogen and oxygen atoms in total. The highest BCUT2D eigenvalue weighted by Gasteiger charge is 2.17. The van der Waals surface area contributed by atoms with Gasteiger partial charge < -0.3 is 0 Å². The molecule has 2 heterocycles. The average molecular weight is 227 g/mol. The first-order valence-corrected chi connectivity index (χ1v) is 6.45. The highest BCUT2D eigenvalue weighted by molar-refractivity contribution is 5.20. The summed E-state index contributed by atoms with van der Waals surface area (Å²) in [7, 11) is 4.08. The highest BCUT2D eigenvalue weighted by Crippen LogP contribution is 2.18. The molecule has 1 aromatic heterocycles. The van der Waals surface area contributed by atoms with Gasteiger partial charge in [-0.3, -0.25) is 9.58 Å². The molecule has 16 heavy (non-hydrogen) atoms. The molecule has 0 aliphatic carbocycles. The lowest BCUT2D eigenvalue weighted by Gasteiger charge is -2.03. The fourth-order valence-corrected chi connectivity index (χ4v) is 1.45. The van der Waals surface area contributed by atoms with Gasteiger partial charge in [0.2, 0.25) is 0 Å². The summed E-state index contributed by atoms with van der Waals surface area (Å²) in [6, 6.07) is 0. The fraction of sp³-hybridized carbons (Fsp3) is 0.769. The lowest BCUT2D eigenvalue weighted by molar-refractivity contribution is 0.346. The van der Waals surface area contributed by atoms with Crippen LogP contribution in [0.15, 0.2) is 6.20 Å². The zero-order valence-electron chi connectivity index (χ0n) is 12.3. The number of aromatic nitrogens is 2. The van der Waals surface area contributed by atoms with Crippen LogP contribution in [-0.2, 0) is 20.1 Å². The van der Waals surface area contributed by atoms with E-state index >= 15 is 0 Å². The van der Waals surface area contributed by atoms with Crippen LogP contribution in [0, 0.1) is 0 Å². The standard InChI is InChI=1S/C7H11N3.3C2H6/c1-9-3-6-4-10(2)8-7(6)5-9;3*1-2/h4H,3,5H2,1-2H3;3*1-2H3. The van der Waals surface area contributed by atoms with Crippen molar-refractivity contribution in [3.05, 3.63) is 17.5 Å². The first-order valence-electron chi connectivity index (χ1n) is 6.45. The minimum absolute atomic E-state index is 1.01. The lowest BCUT2D eigenvalue weighted by atomic mass is 10.3. The van der Waals surface area contributed by atoms with Crippen LogP contribution in [-0.4, -0.2) is 21.7 Å². The summed E-state index contributed by atoms with van der Waals surface area (Å²) < 4.78 is 1.89. The van der Waals surface area contributed by atoms with Crippen molar-refractivity contribution in [2.75, 3.05) is 7.05 Å². The van der Waals surface area contributed by atoms with Gasteiger partial charge in [-0.1, -0.05) is 41.5 Å². The van der Waals surface area contributed by atoms with Crippen molar-refractivity contribution >= 4 is 0 Å². The van der Waals surface area contributed by atoms with Crippen molar-refractivity contribution in [2.24, 2.45) is 7.05 Å². The average Bonchev–Trinajstić information content (AvgIpc) is 2.82. The highest BCUT2D eigenvalue weighted by atomic mass is 15.3. The minimum atomic E-state index is 1.01. The van der Waals surface area contributed by atoms with Gasteiger partial charge in [0.15, 0.2) is 0 Å². The Kier molecular flexibility index (Phi) is 11.7. The van der Waals surface area contributed by atoms with E-state index in [1.54, 1.807) is 0 Å². The first-order chi connectivity index (χ1) is 7.75. The van der Waals surface area contributed by atoms with Crippen molar-refractivity contribution in [1.29, 1.82) is 0 Å². The first kappa shape index (κ1) is 17.6. The molecule has 1 aliphatic heterocycles. The van der Waals surface area contributed by atoms with Crippen LogP contribution in [0.5, 0.6) is 0 Å². The Morgan fingerprint density at radius 1 is 0.938 bits per heavy atom. The molecular formula is C13H29N3. The Labute approximate surface area is 101 Å². The number of fused-ring (bicyclic) bond motifs is 1. The molecule has 0 unspecified atom stereocenters. The van der Waals surface area contributed by atoms with E-state index in [1.807, 2.05) is 53.3 Å². The van der Waals surface area contributed by atoms with Gasteiger partial charge in [-0.15, -0.1) is 0 Å². The Morgan fingerprint density at radius 2 is 1.44 bits per heavy atom. The van der Waals surface area contributed by atoms with Crippen LogP contribution in [0.3, 0.4) is 0 Å². The maximum Gasteiger partial charge on any atom is 0.0809 e. The van der Waals surface area contributed by atoms with Crippen LogP contribution < -0.4 is 0 Å². The molecule has 0 N–H and O–H groups in total. The van der Waals surface area contributed by atoms with E-state index in [2.05, 4.69) is 23.2 Å². The van der Waals surface area contributed by atoms with Crippen LogP contribution in [0.2, 0.25) is 0 Å². The van der Waals surface area contributed by atoms with Crippen LogP contribution in [0.4, 0.5) is 0 Å². The SMILES string of the molecule is CC.CC.CC.CN1Cc2cn(C)nc2C1. The molecule has 0 fully saturated rings. The predicted octanol–water partition coefficient (Wildman–Crippen LogP) is 3.44. The van der Waals surface area contributed by atoms with Gasteiger partial charge >= 0.3 is 0 Å². The minimum Gasteiger partial charge on any atom is -0.296 e. The largest absolute Gasteiger partial charge is 0.296 e. The molecule has 0 amide bonds. The van der Waals surface area contributed by atoms with E-state index in [4.69, 9.17) is 0 Å². The second-order valence-electron chi connectivity index (χ2n) is 2.95. The molecule has 0 saturated carbocycles. The lowest BCUT2D eigenvalue weighted by Crippen LogP contribution is -2.09. The third-order valence-corrected chi connectivity index (χ3v) is 1.85. The molecule has 0 radical (unpaired) electrons. The van der Waals surface area contributed by atoms with Crippen LogP contribution in [0.25, 0.3) is 0 Å². The second-order valence-corrected chi connectivity index (χ2v) is 2.95. The number of rotatable bonds is 0. The molecule has 0 atom stereocenters. The topological polar surface area (TPSA) is 21.1 Å². The van der Waals surface area contributed by atoms with Crippen molar-refractivity contribution in [1.82, 2.24) is 14.7 Å². The van der Waals surface area contributed by atoms with Crippen LogP contribution in [0.1, 0.15) is 52.8 Å². The summed E-state index contributed by atoms with van der Waals surface area (Å²) in [5, 5.41) is 4.32.